The summed E-state index contributed by atoms with van der Waals surface area (Å²) in [6, 6.07) is -0.516. The Morgan fingerprint density at radius 3 is 2.67 bits per heavy atom. The van der Waals surface area contributed by atoms with Crippen LogP contribution in [0, 0.1) is 0 Å². The number of nitrogens with zero attached hydrogens (tertiary/aromatic N) is 2. The summed E-state index contributed by atoms with van der Waals surface area (Å²) in [5, 5.41) is 17.8. The van der Waals surface area contributed by atoms with Crippen LogP contribution in [-0.4, -0.2) is 77.0 Å². The molecule has 1 saturated heterocycles. The molecule has 18 heavy (non-hydrogen) atoms. The van der Waals surface area contributed by atoms with E-state index in [1.807, 2.05) is 0 Å². The fourth-order valence-electron chi connectivity index (χ4n) is 1.80. The summed E-state index contributed by atoms with van der Waals surface area (Å²) in [7, 11) is 0. The molecule has 0 radical (unpaired) electrons. The number of carbonyl (C=O) groups excluding carboxylic acids is 1. The van der Waals surface area contributed by atoms with Gasteiger partial charge in [-0.3, -0.25) is 4.79 Å². The van der Waals surface area contributed by atoms with Gasteiger partial charge in [0.2, 0.25) is 0 Å². The number of aliphatic hydroxyl groups excluding tert-OH is 1. The monoisotopic (exact) mass is 260 g/mol. The minimum absolute atomic E-state index is 0.148. The van der Waals surface area contributed by atoms with Crippen LogP contribution in [0.4, 0.5) is 4.79 Å². The molecule has 7 heteroatoms. The summed E-state index contributed by atoms with van der Waals surface area (Å²) in [6.07, 6.45) is -0.387. The summed E-state index contributed by atoms with van der Waals surface area (Å²) in [4.78, 5) is 25.7. The van der Waals surface area contributed by atoms with Crippen molar-refractivity contribution in [3.8, 4) is 0 Å². The lowest BCUT2D eigenvalue weighted by atomic mass is 10.2. The molecular weight excluding hydrogens is 240 g/mol. The van der Waals surface area contributed by atoms with E-state index < -0.39 is 5.97 Å². The van der Waals surface area contributed by atoms with Gasteiger partial charge in [0.25, 0.3) is 0 Å². The highest BCUT2D eigenvalue weighted by Gasteiger charge is 2.29. The number of aliphatic hydroxyl groups is 1. The van der Waals surface area contributed by atoms with Gasteiger partial charge >= 0.3 is 12.0 Å². The molecule has 1 unspecified atom stereocenters. The molecule has 0 saturated carbocycles. The highest BCUT2D eigenvalue weighted by Crippen LogP contribution is 2.10. The molecule has 104 valence electrons. The number of rotatable bonds is 4. The molecule has 0 aromatic rings. The Morgan fingerprint density at radius 1 is 1.50 bits per heavy atom. The number of carbonyl (C=O) groups is 2. The van der Waals surface area contributed by atoms with Crippen LogP contribution >= 0.6 is 0 Å². The Kier molecular flexibility index (Phi) is 5.36. The molecule has 1 atom stereocenters. The summed E-state index contributed by atoms with van der Waals surface area (Å²) in [5.41, 5.74) is 0. The van der Waals surface area contributed by atoms with Crippen LogP contribution in [0.25, 0.3) is 0 Å². The molecule has 2 N–H and O–H groups in total. The van der Waals surface area contributed by atoms with Gasteiger partial charge < -0.3 is 24.7 Å². The molecule has 1 heterocycles. The predicted octanol–water partition coefficient (Wildman–Crippen LogP) is -0.405. The number of morpholine rings is 1. The molecule has 7 nitrogen and oxygen atoms in total. The number of urea groups is 1. The molecule has 1 fully saturated rings. The van der Waals surface area contributed by atoms with Gasteiger partial charge in [0.15, 0.2) is 0 Å². The molecule has 1 aliphatic rings. The van der Waals surface area contributed by atoms with Crippen LogP contribution in [-0.2, 0) is 9.53 Å². The zero-order valence-electron chi connectivity index (χ0n) is 10.7. The van der Waals surface area contributed by atoms with Gasteiger partial charge in [-0.25, -0.2) is 4.79 Å². The first-order valence-electron chi connectivity index (χ1n) is 5.95. The van der Waals surface area contributed by atoms with Gasteiger partial charge in [0.05, 0.1) is 25.9 Å². The van der Waals surface area contributed by atoms with Crippen molar-refractivity contribution in [2.45, 2.75) is 26.0 Å². The van der Waals surface area contributed by atoms with E-state index in [2.05, 4.69) is 0 Å². The largest absolute Gasteiger partial charge is 0.480 e. The molecule has 0 spiro atoms. The number of hydrogen-bond donors (Lipinski definition) is 2. The maximum absolute atomic E-state index is 12.2. The third kappa shape index (κ3) is 3.85. The SMILES string of the molecule is CC(C)N(CC(=O)O)C(=O)N1CCOC(CO)C1. The van der Waals surface area contributed by atoms with Crippen LogP contribution in [0.2, 0.25) is 0 Å². The Labute approximate surface area is 106 Å². The van der Waals surface area contributed by atoms with Crippen molar-refractivity contribution in [2.75, 3.05) is 32.8 Å². The first kappa shape index (κ1) is 14.7. The Balaban J connectivity index is 2.67. The smallest absolute Gasteiger partial charge is 0.323 e. The second kappa shape index (κ2) is 6.55. The van der Waals surface area contributed by atoms with Gasteiger partial charge in [-0.2, -0.15) is 0 Å². The lowest BCUT2D eigenvalue weighted by Crippen LogP contribution is -2.54. The van der Waals surface area contributed by atoms with Crippen LogP contribution in [0.5, 0.6) is 0 Å². The first-order valence-corrected chi connectivity index (χ1v) is 5.95. The highest BCUT2D eigenvalue weighted by atomic mass is 16.5. The standard InChI is InChI=1S/C11H20N2O5/c1-8(2)13(6-10(15)16)11(17)12-3-4-18-9(5-12)7-14/h8-9,14H,3-7H2,1-2H3,(H,15,16). The summed E-state index contributed by atoms with van der Waals surface area (Å²) < 4.78 is 5.25. The summed E-state index contributed by atoms with van der Waals surface area (Å²) >= 11 is 0. The summed E-state index contributed by atoms with van der Waals surface area (Å²) in [6.45, 7) is 4.13. The fraction of sp³-hybridized carbons (Fsp3) is 0.818. The maximum Gasteiger partial charge on any atom is 0.323 e. The topological polar surface area (TPSA) is 90.3 Å². The van der Waals surface area contributed by atoms with E-state index in [4.69, 9.17) is 14.9 Å². The van der Waals surface area contributed by atoms with Crippen LogP contribution in [0.3, 0.4) is 0 Å². The number of carboxylic acid groups (broad SMARTS) is 1. The summed E-state index contributed by atoms with van der Waals surface area (Å²) in [5.74, 6) is -1.04. The van der Waals surface area contributed by atoms with Crippen molar-refractivity contribution in [1.82, 2.24) is 9.80 Å². The van der Waals surface area contributed by atoms with E-state index in [9.17, 15) is 9.59 Å². The van der Waals surface area contributed by atoms with E-state index in [-0.39, 0.29) is 37.9 Å². The zero-order valence-corrected chi connectivity index (χ0v) is 10.7. The van der Waals surface area contributed by atoms with Gasteiger partial charge in [-0.05, 0) is 13.8 Å². The molecule has 1 rings (SSSR count). The normalized spacial score (nSPS) is 20.0. The van der Waals surface area contributed by atoms with E-state index in [1.165, 1.54) is 9.80 Å². The Morgan fingerprint density at radius 2 is 2.17 bits per heavy atom. The van der Waals surface area contributed by atoms with E-state index in [0.717, 1.165) is 0 Å². The Hall–Kier alpha value is -1.34. The number of ether oxygens (including phenoxy) is 1. The van der Waals surface area contributed by atoms with Gasteiger partial charge in [0, 0.05) is 12.6 Å². The quantitative estimate of drug-likeness (QED) is 0.717. The van der Waals surface area contributed by atoms with Crippen LogP contribution < -0.4 is 0 Å². The lowest BCUT2D eigenvalue weighted by Gasteiger charge is -2.36. The maximum atomic E-state index is 12.2. The second-order valence-electron chi connectivity index (χ2n) is 4.52. The molecule has 0 aromatic carbocycles. The van der Waals surface area contributed by atoms with E-state index in [0.29, 0.717) is 13.2 Å². The minimum atomic E-state index is -1.04. The van der Waals surface area contributed by atoms with Gasteiger partial charge in [0.1, 0.15) is 6.54 Å². The number of carboxylic acids is 1. The van der Waals surface area contributed by atoms with Crippen molar-refractivity contribution in [2.24, 2.45) is 0 Å². The molecule has 0 aliphatic carbocycles. The lowest BCUT2D eigenvalue weighted by molar-refractivity contribution is -0.138. The molecule has 0 bridgehead atoms. The number of hydrogen-bond acceptors (Lipinski definition) is 4. The third-order valence-corrected chi connectivity index (χ3v) is 2.79. The van der Waals surface area contributed by atoms with E-state index >= 15 is 0 Å². The van der Waals surface area contributed by atoms with Crippen molar-refractivity contribution >= 4 is 12.0 Å². The number of amides is 2. The third-order valence-electron chi connectivity index (χ3n) is 2.79. The molecular formula is C11H20N2O5. The van der Waals surface area contributed by atoms with Crippen molar-refractivity contribution in [3.05, 3.63) is 0 Å². The van der Waals surface area contributed by atoms with E-state index in [1.54, 1.807) is 13.8 Å². The average Bonchev–Trinajstić information content (AvgIpc) is 2.34. The molecule has 1 aliphatic heterocycles. The van der Waals surface area contributed by atoms with Gasteiger partial charge in [-0.15, -0.1) is 0 Å². The van der Waals surface area contributed by atoms with Crippen molar-refractivity contribution < 1.29 is 24.5 Å². The Bertz CT molecular complexity index is 308. The van der Waals surface area contributed by atoms with Crippen molar-refractivity contribution in [3.63, 3.8) is 0 Å². The minimum Gasteiger partial charge on any atom is -0.480 e. The molecule has 2 amide bonds. The number of aliphatic carboxylic acids is 1. The van der Waals surface area contributed by atoms with Crippen LogP contribution in [0.1, 0.15) is 13.8 Å². The average molecular weight is 260 g/mol. The fourth-order valence-corrected chi connectivity index (χ4v) is 1.80. The highest BCUT2D eigenvalue weighted by molar-refractivity contribution is 5.80. The van der Waals surface area contributed by atoms with Crippen LogP contribution in [0.15, 0.2) is 0 Å². The molecule has 0 aromatic heterocycles. The van der Waals surface area contributed by atoms with Gasteiger partial charge in [-0.1, -0.05) is 0 Å². The predicted molar refractivity (Wildman–Crippen MR) is 63.3 cm³/mol. The van der Waals surface area contributed by atoms with Crippen molar-refractivity contribution in [1.29, 1.82) is 0 Å². The second-order valence-corrected chi connectivity index (χ2v) is 4.52. The zero-order chi connectivity index (χ0) is 13.7. The first-order chi connectivity index (χ1) is 8.45.